The number of fused-ring (bicyclic) bond motifs is 1. The summed E-state index contributed by atoms with van der Waals surface area (Å²) in [6.07, 6.45) is 3.99. The molecule has 3 N–H and O–H groups in total. The molecule has 0 saturated carbocycles. The average Bonchev–Trinajstić information content (AvgIpc) is 3.40. The lowest BCUT2D eigenvalue weighted by atomic mass is 9.99. The summed E-state index contributed by atoms with van der Waals surface area (Å²) in [6.45, 7) is 3.79. The Morgan fingerprint density at radius 2 is 2.21 bits per heavy atom. The van der Waals surface area contributed by atoms with Crippen LogP contribution in [0.5, 0.6) is 0 Å². The Hall–Kier alpha value is -2.97. The smallest absolute Gasteiger partial charge is 0.268 e. The van der Waals surface area contributed by atoms with Gasteiger partial charge in [0.15, 0.2) is 5.58 Å². The molecule has 1 amide bonds. The molecule has 2 atom stereocenters. The van der Waals surface area contributed by atoms with Gasteiger partial charge in [0.2, 0.25) is 5.89 Å². The van der Waals surface area contributed by atoms with Crippen LogP contribution in [0.2, 0.25) is 0 Å². The second kappa shape index (κ2) is 7.81. The largest absolute Gasteiger partial charge is 0.435 e. The predicted octanol–water partition coefficient (Wildman–Crippen LogP) is 3.91. The number of hydrogen-bond donors (Lipinski definition) is 2. The number of aryl methyl sites for hydroxylation is 1. The lowest BCUT2D eigenvalue weighted by Gasteiger charge is -2.19. The quantitative estimate of drug-likeness (QED) is 0.480. The summed E-state index contributed by atoms with van der Waals surface area (Å²) in [7, 11) is 0. The molecule has 1 unspecified atom stereocenters. The fourth-order valence-electron chi connectivity index (χ4n) is 3.38. The Morgan fingerprint density at radius 3 is 2.86 bits per heavy atom. The third-order valence-electron chi connectivity index (χ3n) is 4.82. The van der Waals surface area contributed by atoms with E-state index in [-0.39, 0.29) is 11.7 Å². The first-order valence-corrected chi connectivity index (χ1v) is 10.3. The number of benzene rings is 1. The number of thiophene rings is 1. The van der Waals surface area contributed by atoms with Crippen molar-refractivity contribution in [3.8, 4) is 10.8 Å². The van der Waals surface area contributed by atoms with Crippen LogP contribution >= 0.6 is 11.3 Å². The fourth-order valence-corrected chi connectivity index (χ4v) is 4.20. The second-order valence-electron chi connectivity index (χ2n) is 7.22. The lowest BCUT2D eigenvalue weighted by Crippen LogP contribution is -2.14. The molecule has 3 aromatic heterocycles. The maximum Gasteiger partial charge on any atom is 0.268 e. The zero-order valence-electron chi connectivity index (χ0n) is 16.2. The van der Waals surface area contributed by atoms with Crippen LogP contribution in [-0.2, 0) is 0 Å². The van der Waals surface area contributed by atoms with E-state index in [0.29, 0.717) is 24.3 Å². The minimum atomic E-state index is -0.578. The Bertz CT molecular complexity index is 1160. The topological polar surface area (TPSA) is 107 Å². The molecule has 0 radical (unpaired) electrons. The number of aliphatic hydroxyl groups is 1. The van der Waals surface area contributed by atoms with Crippen LogP contribution in [0.3, 0.4) is 0 Å². The van der Waals surface area contributed by atoms with E-state index in [9.17, 15) is 9.90 Å². The maximum atomic E-state index is 11.5. The molecule has 0 aliphatic rings. The molecule has 1 aromatic carbocycles. The highest BCUT2D eigenvalue weighted by atomic mass is 32.1. The predicted molar refractivity (Wildman–Crippen MR) is 112 cm³/mol. The molecule has 0 aliphatic heterocycles. The Kier molecular flexibility index (Phi) is 5.21. The van der Waals surface area contributed by atoms with Crippen LogP contribution in [0.25, 0.3) is 21.9 Å². The molecule has 0 spiro atoms. The minimum absolute atomic E-state index is 0.181. The van der Waals surface area contributed by atoms with Crippen molar-refractivity contribution in [3.05, 3.63) is 59.0 Å². The SMILES string of the molecule is Cc1csc(-c2nc3cccc(C(CC[C@H](C)O)n4cnc(C(N)=O)c4)c3o2)c1. The monoisotopic (exact) mass is 410 g/mol. The zero-order chi connectivity index (χ0) is 20.5. The molecule has 0 fully saturated rings. The van der Waals surface area contributed by atoms with Crippen molar-refractivity contribution in [1.82, 2.24) is 14.5 Å². The number of imidazole rings is 1. The first-order chi connectivity index (χ1) is 13.9. The van der Waals surface area contributed by atoms with E-state index in [4.69, 9.17) is 10.2 Å². The van der Waals surface area contributed by atoms with Crippen molar-refractivity contribution in [2.24, 2.45) is 5.73 Å². The summed E-state index contributed by atoms with van der Waals surface area (Å²) in [5, 5.41) is 11.9. The summed E-state index contributed by atoms with van der Waals surface area (Å²) in [4.78, 5) is 21.2. The Balaban J connectivity index is 1.80. The molecule has 4 rings (SSSR count). The van der Waals surface area contributed by atoms with Crippen LogP contribution in [0.4, 0.5) is 0 Å². The molecule has 29 heavy (non-hydrogen) atoms. The van der Waals surface area contributed by atoms with Gasteiger partial charge in [0, 0.05) is 11.8 Å². The number of rotatable bonds is 7. The van der Waals surface area contributed by atoms with Crippen molar-refractivity contribution in [1.29, 1.82) is 0 Å². The molecular formula is C21H22N4O3S. The van der Waals surface area contributed by atoms with E-state index >= 15 is 0 Å². The van der Waals surface area contributed by atoms with Crippen LogP contribution < -0.4 is 5.73 Å². The van der Waals surface area contributed by atoms with Crippen LogP contribution in [0, 0.1) is 6.92 Å². The number of nitrogens with zero attached hydrogens (tertiary/aromatic N) is 3. The number of primary amides is 1. The third-order valence-corrected chi connectivity index (χ3v) is 5.85. The molecule has 3 heterocycles. The first kappa shape index (κ1) is 19.4. The van der Waals surface area contributed by atoms with Gasteiger partial charge in [-0.3, -0.25) is 4.79 Å². The number of nitrogens with two attached hydrogens (primary N) is 1. The second-order valence-corrected chi connectivity index (χ2v) is 8.13. The molecule has 0 saturated heterocycles. The number of hydrogen-bond acceptors (Lipinski definition) is 6. The van der Waals surface area contributed by atoms with Gasteiger partial charge in [-0.1, -0.05) is 12.1 Å². The summed E-state index contributed by atoms with van der Waals surface area (Å²) in [5.41, 5.74) is 9.11. The molecular weight excluding hydrogens is 388 g/mol. The van der Waals surface area contributed by atoms with Gasteiger partial charge in [-0.15, -0.1) is 11.3 Å². The van der Waals surface area contributed by atoms with Gasteiger partial charge in [0.25, 0.3) is 5.91 Å². The molecule has 7 nitrogen and oxygen atoms in total. The Morgan fingerprint density at radius 1 is 1.38 bits per heavy atom. The molecule has 8 heteroatoms. The van der Waals surface area contributed by atoms with Crippen molar-refractivity contribution >= 4 is 28.3 Å². The number of oxazole rings is 1. The normalized spacial score (nSPS) is 13.6. The summed E-state index contributed by atoms with van der Waals surface area (Å²) in [6, 6.07) is 7.70. The van der Waals surface area contributed by atoms with Gasteiger partial charge >= 0.3 is 0 Å². The number of aliphatic hydroxyl groups excluding tert-OH is 1. The van der Waals surface area contributed by atoms with Crippen molar-refractivity contribution < 1.29 is 14.3 Å². The highest BCUT2D eigenvalue weighted by molar-refractivity contribution is 7.13. The third kappa shape index (κ3) is 3.94. The van der Waals surface area contributed by atoms with E-state index in [0.717, 1.165) is 16.0 Å². The molecule has 0 aliphatic carbocycles. The highest BCUT2D eigenvalue weighted by Gasteiger charge is 2.22. The summed E-state index contributed by atoms with van der Waals surface area (Å²) in [5.74, 6) is 0.00883. The van der Waals surface area contributed by atoms with Gasteiger partial charge < -0.3 is 19.8 Å². The van der Waals surface area contributed by atoms with Gasteiger partial charge in [0.05, 0.1) is 23.4 Å². The minimum Gasteiger partial charge on any atom is -0.435 e. The summed E-state index contributed by atoms with van der Waals surface area (Å²) >= 11 is 1.59. The summed E-state index contributed by atoms with van der Waals surface area (Å²) < 4.78 is 8.02. The van der Waals surface area contributed by atoms with Gasteiger partial charge in [-0.05, 0) is 49.8 Å². The van der Waals surface area contributed by atoms with E-state index in [2.05, 4.69) is 21.4 Å². The standard InChI is InChI=1S/C21H22N4O3S/c1-12-8-18(29-10-12)21-24-15-5-3-4-14(19(15)28-21)17(7-6-13(2)26)25-9-16(20(22)27)23-11-25/h3-5,8-11,13,17,26H,6-7H2,1-2H3,(H2,22,27)/t13-,17?/m0/s1. The van der Waals surface area contributed by atoms with Gasteiger partial charge in [-0.2, -0.15) is 0 Å². The fraction of sp³-hybridized carbons (Fsp3) is 0.286. The van der Waals surface area contributed by atoms with Crippen molar-refractivity contribution in [2.45, 2.75) is 38.8 Å². The number of aromatic nitrogens is 3. The van der Waals surface area contributed by atoms with E-state index < -0.39 is 12.0 Å². The number of carbonyl (C=O) groups is 1. The average molecular weight is 410 g/mol. The maximum absolute atomic E-state index is 11.5. The van der Waals surface area contributed by atoms with E-state index in [1.807, 2.05) is 29.7 Å². The van der Waals surface area contributed by atoms with Gasteiger partial charge in [-0.25, -0.2) is 9.97 Å². The number of para-hydroxylation sites is 1. The zero-order valence-corrected chi connectivity index (χ0v) is 17.0. The molecule has 4 aromatic rings. The number of carbonyl (C=O) groups excluding carboxylic acids is 1. The number of amides is 1. The van der Waals surface area contributed by atoms with Crippen molar-refractivity contribution in [2.75, 3.05) is 0 Å². The van der Waals surface area contributed by atoms with Crippen LogP contribution in [-0.4, -0.2) is 31.7 Å². The lowest BCUT2D eigenvalue weighted by molar-refractivity contribution is 0.0996. The molecule has 150 valence electrons. The van der Waals surface area contributed by atoms with Crippen LogP contribution in [0.1, 0.15) is 47.4 Å². The Labute approximate surface area is 171 Å². The van der Waals surface area contributed by atoms with E-state index in [1.54, 1.807) is 30.8 Å². The highest BCUT2D eigenvalue weighted by Crippen LogP contribution is 2.35. The van der Waals surface area contributed by atoms with E-state index in [1.165, 1.54) is 5.56 Å². The van der Waals surface area contributed by atoms with Crippen molar-refractivity contribution in [3.63, 3.8) is 0 Å². The first-order valence-electron chi connectivity index (χ1n) is 9.38. The van der Waals surface area contributed by atoms with Crippen LogP contribution in [0.15, 0.2) is 46.6 Å². The van der Waals surface area contributed by atoms with Gasteiger partial charge in [0.1, 0.15) is 11.2 Å². The molecule has 0 bridgehead atoms.